The second-order valence-corrected chi connectivity index (χ2v) is 6.07. The van der Waals surface area contributed by atoms with Crippen LogP contribution < -0.4 is 15.4 Å². The van der Waals surface area contributed by atoms with Gasteiger partial charge in [0.05, 0.1) is 6.54 Å². The highest BCUT2D eigenvalue weighted by Gasteiger charge is 2.21. The van der Waals surface area contributed by atoms with Gasteiger partial charge in [-0.1, -0.05) is 15.9 Å². The summed E-state index contributed by atoms with van der Waals surface area (Å²) in [7, 11) is 0. The Balaban J connectivity index is 0.00000264. The number of hydrogen-bond donors (Lipinski definition) is 2. The number of alkyl halides is 2. The van der Waals surface area contributed by atoms with Gasteiger partial charge in [-0.2, -0.15) is 8.78 Å². The minimum atomic E-state index is -2.84. The van der Waals surface area contributed by atoms with E-state index >= 15 is 0 Å². The van der Waals surface area contributed by atoms with Gasteiger partial charge in [0, 0.05) is 23.1 Å². The number of aliphatic imine (C=N–C) groups is 1. The summed E-state index contributed by atoms with van der Waals surface area (Å²) in [5.41, 5.74) is 0.610. The number of rotatable bonds is 7. The van der Waals surface area contributed by atoms with Crippen LogP contribution in [-0.2, 0) is 6.54 Å². The number of nitrogens with zero attached hydrogens (tertiary/aromatic N) is 1. The predicted molar refractivity (Wildman–Crippen MR) is 102 cm³/mol. The first kappa shape index (κ1) is 20.4. The molecule has 4 nitrogen and oxygen atoms in total. The molecule has 2 N–H and O–H groups in total. The van der Waals surface area contributed by atoms with Crippen molar-refractivity contribution >= 4 is 45.9 Å². The minimum Gasteiger partial charge on any atom is -0.434 e. The Hall–Kier alpha value is -0.640. The molecule has 23 heavy (non-hydrogen) atoms. The summed E-state index contributed by atoms with van der Waals surface area (Å²) < 4.78 is 30.2. The molecule has 1 aliphatic carbocycles. The maximum atomic E-state index is 12.4. The first-order valence-electron chi connectivity index (χ1n) is 7.34. The summed E-state index contributed by atoms with van der Waals surface area (Å²) in [6.07, 6.45) is 2.51. The van der Waals surface area contributed by atoms with E-state index in [9.17, 15) is 8.78 Å². The Morgan fingerprint density at radius 1 is 1.39 bits per heavy atom. The Labute approximate surface area is 160 Å². The summed E-state index contributed by atoms with van der Waals surface area (Å²) in [6.45, 7) is 1.05. The average Bonchev–Trinajstić information content (AvgIpc) is 3.28. The van der Waals surface area contributed by atoms with Crippen molar-refractivity contribution in [1.82, 2.24) is 10.6 Å². The molecule has 1 aromatic rings. The molecule has 0 unspecified atom stereocenters. The Morgan fingerprint density at radius 2 is 2.13 bits per heavy atom. The van der Waals surface area contributed by atoms with Crippen LogP contribution in [0.15, 0.2) is 27.7 Å². The normalized spacial score (nSPS) is 14.4. The van der Waals surface area contributed by atoms with Crippen molar-refractivity contribution < 1.29 is 13.5 Å². The van der Waals surface area contributed by atoms with E-state index < -0.39 is 6.61 Å². The lowest BCUT2D eigenvalue weighted by Crippen LogP contribution is -2.38. The van der Waals surface area contributed by atoms with Crippen LogP contribution >= 0.6 is 39.9 Å². The van der Waals surface area contributed by atoms with E-state index in [1.165, 1.54) is 18.9 Å². The summed E-state index contributed by atoms with van der Waals surface area (Å²) >= 11 is 3.34. The number of nitrogens with one attached hydrogen (secondary N) is 2. The predicted octanol–water partition coefficient (Wildman–Crippen LogP) is 4.13. The van der Waals surface area contributed by atoms with Crippen LogP contribution in [0.3, 0.4) is 0 Å². The molecule has 1 fully saturated rings. The highest BCUT2D eigenvalue weighted by atomic mass is 127. The fourth-order valence-electron chi connectivity index (χ4n) is 1.95. The van der Waals surface area contributed by atoms with Crippen molar-refractivity contribution in [2.45, 2.75) is 32.9 Å². The Bertz CT molecular complexity index is 527. The minimum absolute atomic E-state index is 0. The molecule has 0 aliphatic heterocycles. The molecule has 0 radical (unpaired) electrons. The van der Waals surface area contributed by atoms with E-state index in [1.807, 2.05) is 6.92 Å². The lowest BCUT2D eigenvalue weighted by molar-refractivity contribution is -0.0504. The van der Waals surface area contributed by atoms with Gasteiger partial charge in [-0.25, -0.2) is 4.99 Å². The van der Waals surface area contributed by atoms with Crippen molar-refractivity contribution in [3.8, 4) is 5.75 Å². The first-order valence-corrected chi connectivity index (χ1v) is 8.13. The van der Waals surface area contributed by atoms with Gasteiger partial charge < -0.3 is 15.4 Å². The van der Waals surface area contributed by atoms with Crippen molar-refractivity contribution in [2.75, 3.05) is 13.1 Å². The van der Waals surface area contributed by atoms with Crippen LogP contribution in [-0.4, -0.2) is 25.7 Å². The van der Waals surface area contributed by atoms with Gasteiger partial charge in [-0.3, -0.25) is 0 Å². The third-order valence-corrected chi connectivity index (χ3v) is 3.74. The molecule has 0 amide bonds. The van der Waals surface area contributed by atoms with Gasteiger partial charge >= 0.3 is 6.61 Å². The highest BCUT2D eigenvalue weighted by molar-refractivity contribution is 14.0. The molecule has 1 aliphatic rings. The number of halogens is 4. The average molecular weight is 504 g/mol. The zero-order valence-corrected chi connectivity index (χ0v) is 16.7. The lowest BCUT2D eigenvalue weighted by Gasteiger charge is -2.13. The molecule has 0 bridgehead atoms. The van der Waals surface area contributed by atoms with E-state index in [0.717, 1.165) is 23.5 Å². The second-order valence-electron chi connectivity index (χ2n) is 5.15. The monoisotopic (exact) mass is 503 g/mol. The number of hydrogen-bond acceptors (Lipinski definition) is 2. The summed E-state index contributed by atoms with van der Waals surface area (Å²) in [4.78, 5) is 4.44. The summed E-state index contributed by atoms with van der Waals surface area (Å²) in [5.74, 6) is 1.57. The molecule has 8 heteroatoms. The van der Waals surface area contributed by atoms with Gasteiger partial charge in [0.15, 0.2) is 5.96 Å². The molecule has 130 valence electrons. The van der Waals surface area contributed by atoms with E-state index in [2.05, 4.69) is 36.3 Å². The smallest absolute Gasteiger partial charge is 0.387 e. The van der Waals surface area contributed by atoms with Crippen LogP contribution in [0.25, 0.3) is 0 Å². The number of guanidine groups is 1. The van der Waals surface area contributed by atoms with Crippen LogP contribution in [0, 0.1) is 5.92 Å². The van der Waals surface area contributed by atoms with Crippen molar-refractivity contribution in [2.24, 2.45) is 10.9 Å². The van der Waals surface area contributed by atoms with Crippen molar-refractivity contribution in [1.29, 1.82) is 0 Å². The zero-order chi connectivity index (χ0) is 15.9. The lowest BCUT2D eigenvalue weighted by atomic mass is 10.2. The van der Waals surface area contributed by atoms with Gasteiger partial charge in [0.25, 0.3) is 0 Å². The molecule has 1 aromatic carbocycles. The van der Waals surface area contributed by atoms with E-state index in [0.29, 0.717) is 11.5 Å². The van der Waals surface area contributed by atoms with Crippen molar-refractivity contribution in [3.63, 3.8) is 0 Å². The van der Waals surface area contributed by atoms with Crippen LogP contribution in [0.5, 0.6) is 5.75 Å². The molecular formula is C15H21BrF2IN3O. The standard InChI is InChI=1S/C15H20BrF2N3O.HI/c1-2-19-15(20-8-10-3-4-10)21-9-11-7-12(16)5-6-13(11)22-14(17)18;/h5-7,10,14H,2-4,8-9H2,1H3,(H2,19,20,21);1H. The molecule has 0 atom stereocenters. The molecule has 0 spiro atoms. The molecule has 0 saturated heterocycles. The van der Waals surface area contributed by atoms with Crippen LogP contribution in [0.4, 0.5) is 8.78 Å². The highest BCUT2D eigenvalue weighted by Crippen LogP contribution is 2.27. The fourth-order valence-corrected chi connectivity index (χ4v) is 2.36. The zero-order valence-electron chi connectivity index (χ0n) is 12.8. The first-order chi connectivity index (χ1) is 10.6. The third kappa shape index (κ3) is 7.65. The number of benzene rings is 1. The fraction of sp³-hybridized carbons (Fsp3) is 0.533. The van der Waals surface area contributed by atoms with E-state index in [4.69, 9.17) is 0 Å². The topological polar surface area (TPSA) is 45.7 Å². The molecule has 0 heterocycles. The summed E-state index contributed by atoms with van der Waals surface area (Å²) in [6, 6.07) is 4.93. The third-order valence-electron chi connectivity index (χ3n) is 3.25. The molecule has 0 aromatic heterocycles. The van der Waals surface area contributed by atoms with Crippen LogP contribution in [0.1, 0.15) is 25.3 Å². The quantitative estimate of drug-likeness (QED) is 0.334. The SMILES string of the molecule is CCNC(=NCc1cc(Br)ccc1OC(F)F)NCC1CC1.I. The maximum absolute atomic E-state index is 12.4. The second kappa shape index (κ2) is 10.3. The molecule has 2 rings (SSSR count). The maximum Gasteiger partial charge on any atom is 0.387 e. The van der Waals surface area contributed by atoms with Crippen LogP contribution in [0.2, 0.25) is 0 Å². The van der Waals surface area contributed by atoms with E-state index in [1.54, 1.807) is 12.1 Å². The largest absolute Gasteiger partial charge is 0.434 e. The Morgan fingerprint density at radius 3 is 2.74 bits per heavy atom. The molecule has 1 saturated carbocycles. The summed E-state index contributed by atoms with van der Waals surface area (Å²) in [5, 5.41) is 6.41. The molecular weight excluding hydrogens is 483 g/mol. The van der Waals surface area contributed by atoms with Gasteiger partial charge in [-0.15, -0.1) is 24.0 Å². The van der Waals surface area contributed by atoms with E-state index in [-0.39, 0.29) is 36.3 Å². The van der Waals surface area contributed by atoms with Gasteiger partial charge in [0.2, 0.25) is 0 Å². The van der Waals surface area contributed by atoms with Crippen molar-refractivity contribution in [3.05, 3.63) is 28.2 Å². The van der Waals surface area contributed by atoms with Gasteiger partial charge in [-0.05, 0) is 43.9 Å². The Kier molecular flexibility index (Phi) is 9.11. The van der Waals surface area contributed by atoms with Gasteiger partial charge in [0.1, 0.15) is 5.75 Å². The number of ether oxygens (including phenoxy) is 1.